The molecule has 0 aliphatic carbocycles. The van der Waals surface area contributed by atoms with Crippen molar-refractivity contribution in [2.45, 2.75) is 199 Å². The van der Waals surface area contributed by atoms with Crippen molar-refractivity contribution < 1.29 is 26.4 Å². The summed E-state index contributed by atoms with van der Waals surface area (Å²) in [4.78, 5) is 0. The Bertz CT molecular complexity index is 774. The SMILES string of the molecule is CCCCC/C=C\C/C=C\CCCCCCCCC1(CCCCCCCC/C=C/C/C=C/CCCCC)OCC(CC[N+](C)(C)CCl)O1.[Cl-]. The van der Waals surface area contributed by atoms with Gasteiger partial charge in [-0.3, -0.25) is 0 Å². The molecule has 0 saturated carbocycles. The maximum atomic E-state index is 6.74. The summed E-state index contributed by atoms with van der Waals surface area (Å²) < 4.78 is 14.1. The van der Waals surface area contributed by atoms with Gasteiger partial charge in [-0.25, -0.2) is 0 Å². The van der Waals surface area contributed by atoms with Crippen molar-refractivity contribution in [3.63, 3.8) is 0 Å². The van der Waals surface area contributed by atoms with Crippen LogP contribution in [0.25, 0.3) is 0 Å². The van der Waals surface area contributed by atoms with Crippen LogP contribution in [0.15, 0.2) is 48.6 Å². The van der Waals surface area contributed by atoms with Gasteiger partial charge in [0.1, 0.15) is 0 Å². The highest BCUT2D eigenvalue weighted by Gasteiger charge is 2.40. The smallest absolute Gasteiger partial charge is 0.168 e. The van der Waals surface area contributed by atoms with Crippen LogP contribution in [0.5, 0.6) is 0 Å². The summed E-state index contributed by atoms with van der Waals surface area (Å²) in [5, 5.41) is 0. The third-order valence-electron chi connectivity index (χ3n) is 9.81. The number of rotatable bonds is 34. The highest BCUT2D eigenvalue weighted by Crippen LogP contribution is 2.36. The molecule has 0 aromatic heterocycles. The normalized spacial score (nSPS) is 18.6. The molecule has 0 spiro atoms. The number of hydrogen-bond donors (Lipinski definition) is 0. The highest BCUT2D eigenvalue weighted by atomic mass is 35.5. The molecule has 1 rings (SSSR count). The molecule has 0 aromatic rings. The maximum absolute atomic E-state index is 6.74. The van der Waals surface area contributed by atoms with E-state index in [0.717, 1.165) is 49.7 Å². The fraction of sp³-hybridized carbons (Fsp3) is 0.818. The first-order valence-electron chi connectivity index (χ1n) is 20.8. The lowest BCUT2D eigenvalue weighted by Crippen LogP contribution is -3.00. The number of hydrogen-bond acceptors (Lipinski definition) is 2. The lowest BCUT2D eigenvalue weighted by molar-refractivity contribution is -0.879. The van der Waals surface area contributed by atoms with Crippen LogP contribution in [0.2, 0.25) is 0 Å². The third-order valence-corrected chi connectivity index (χ3v) is 10.5. The van der Waals surface area contributed by atoms with Crippen molar-refractivity contribution >= 4 is 11.6 Å². The van der Waals surface area contributed by atoms with E-state index in [2.05, 4.69) is 76.6 Å². The van der Waals surface area contributed by atoms with E-state index in [-0.39, 0.29) is 24.3 Å². The van der Waals surface area contributed by atoms with E-state index in [0.29, 0.717) is 6.00 Å². The standard InChI is InChI=1S/C44H81ClNO2.ClH/c1-5-7-9-11-13-15-17-19-21-23-25-27-29-31-33-35-38-44(47-41-43(48-44)37-40-46(3,4)42-45)39-36-34-32-30-28-26-24-22-20-18-16-14-12-10-8-6-2;/h13-16,19-22,43H,5-12,17-18,23-42H2,1-4H3;1H/q+1;/p-1/b15-13-,16-14+,21-19-,22-20+;. The number of nitrogens with zero attached hydrogens (tertiary/aromatic N) is 1. The molecule has 1 aliphatic heterocycles. The molecule has 1 saturated heterocycles. The first kappa shape index (κ1) is 48.4. The number of halogens is 2. The summed E-state index contributed by atoms with van der Waals surface area (Å²) in [5.41, 5.74) is 0. The topological polar surface area (TPSA) is 18.5 Å². The van der Waals surface area contributed by atoms with Crippen LogP contribution in [0, 0.1) is 0 Å². The minimum Gasteiger partial charge on any atom is -1.00 e. The average Bonchev–Trinajstić information content (AvgIpc) is 3.50. The molecule has 2 unspecified atom stereocenters. The van der Waals surface area contributed by atoms with Gasteiger partial charge >= 0.3 is 0 Å². The highest BCUT2D eigenvalue weighted by molar-refractivity contribution is 6.16. The van der Waals surface area contributed by atoms with Crippen LogP contribution in [0.1, 0.15) is 187 Å². The van der Waals surface area contributed by atoms with Gasteiger partial charge in [-0.15, -0.1) is 0 Å². The molecular formula is C44H81Cl2NO2. The molecule has 288 valence electrons. The Labute approximate surface area is 317 Å². The van der Waals surface area contributed by atoms with E-state index < -0.39 is 0 Å². The van der Waals surface area contributed by atoms with E-state index in [1.807, 2.05) is 0 Å². The monoisotopic (exact) mass is 726 g/mol. The summed E-state index contributed by atoms with van der Waals surface area (Å²) in [6.07, 6.45) is 52.9. The van der Waals surface area contributed by atoms with Gasteiger partial charge in [-0.05, 0) is 77.0 Å². The number of unbranched alkanes of at least 4 members (excludes halogenated alkanes) is 18. The zero-order chi connectivity index (χ0) is 34.9. The van der Waals surface area contributed by atoms with Crippen LogP contribution in [-0.2, 0) is 9.47 Å². The molecule has 49 heavy (non-hydrogen) atoms. The lowest BCUT2D eigenvalue weighted by atomic mass is 9.98. The van der Waals surface area contributed by atoms with Gasteiger partial charge in [0.25, 0.3) is 0 Å². The molecule has 2 atom stereocenters. The Kier molecular flexibility index (Phi) is 34.1. The van der Waals surface area contributed by atoms with E-state index in [1.165, 1.54) is 141 Å². The van der Waals surface area contributed by atoms with Crippen molar-refractivity contribution in [2.24, 2.45) is 0 Å². The zero-order valence-electron chi connectivity index (χ0n) is 32.9. The Morgan fingerprint density at radius 1 is 0.571 bits per heavy atom. The van der Waals surface area contributed by atoms with Crippen LogP contribution < -0.4 is 12.4 Å². The minimum atomic E-state index is -0.354. The summed E-state index contributed by atoms with van der Waals surface area (Å²) in [6, 6.07) is 0.637. The summed E-state index contributed by atoms with van der Waals surface area (Å²) in [6.45, 7) is 6.31. The van der Waals surface area contributed by atoms with E-state index in [1.54, 1.807) is 0 Å². The first-order valence-corrected chi connectivity index (χ1v) is 21.3. The molecule has 1 fully saturated rings. The molecule has 5 heteroatoms. The van der Waals surface area contributed by atoms with E-state index >= 15 is 0 Å². The Hall–Kier alpha value is -0.580. The number of ether oxygens (including phenoxy) is 2. The fourth-order valence-electron chi connectivity index (χ4n) is 6.46. The van der Waals surface area contributed by atoms with E-state index in [4.69, 9.17) is 21.1 Å². The molecule has 0 radical (unpaired) electrons. The van der Waals surface area contributed by atoms with Crippen LogP contribution in [-0.4, -0.2) is 49.6 Å². The van der Waals surface area contributed by atoms with Gasteiger partial charge in [0.2, 0.25) is 0 Å². The number of quaternary nitrogens is 1. The van der Waals surface area contributed by atoms with Crippen LogP contribution in [0.4, 0.5) is 0 Å². The molecule has 0 amide bonds. The van der Waals surface area contributed by atoms with Crippen molar-refractivity contribution in [3.8, 4) is 0 Å². The summed E-state index contributed by atoms with van der Waals surface area (Å²) >= 11 is 6.19. The predicted molar refractivity (Wildman–Crippen MR) is 214 cm³/mol. The number of alkyl halides is 1. The first-order chi connectivity index (χ1) is 23.5. The third kappa shape index (κ3) is 29.7. The van der Waals surface area contributed by atoms with Crippen molar-refractivity contribution in [1.82, 2.24) is 0 Å². The predicted octanol–water partition coefficient (Wildman–Crippen LogP) is 11.2. The van der Waals surface area contributed by atoms with Crippen LogP contribution >= 0.6 is 11.6 Å². The van der Waals surface area contributed by atoms with Gasteiger partial charge in [0.05, 0.1) is 33.4 Å². The van der Waals surface area contributed by atoms with Crippen molar-refractivity contribution in [2.75, 3.05) is 33.3 Å². The van der Waals surface area contributed by atoms with Gasteiger partial charge in [-0.1, -0.05) is 151 Å². The molecule has 3 nitrogen and oxygen atoms in total. The second-order valence-electron chi connectivity index (χ2n) is 15.2. The van der Waals surface area contributed by atoms with Crippen molar-refractivity contribution in [3.05, 3.63) is 48.6 Å². The molecule has 0 bridgehead atoms. The minimum absolute atomic E-state index is 0. The van der Waals surface area contributed by atoms with Gasteiger partial charge < -0.3 is 26.4 Å². The second-order valence-corrected chi connectivity index (χ2v) is 15.4. The Balaban J connectivity index is 0.0000230. The van der Waals surface area contributed by atoms with Crippen molar-refractivity contribution in [1.29, 1.82) is 0 Å². The lowest BCUT2D eigenvalue weighted by Gasteiger charge is -2.30. The zero-order valence-corrected chi connectivity index (χ0v) is 34.4. The van der Waals surface area contributed by atoms with Crippen LogP contribution in [0.3, 0.4) is 0 Å². The van der Waals surface area contributed by atoms with E-state index in [9.17, 15) is 0 Å². The summed E-state index contributed by atoms with van der Waals surface area (Å²) in [7, 11) is 4.40. The molecule has 0 N–H and O–H groups in total. The van der Waals surface area contributed by atoms with Gasteiger partial charge in [0.15, 0.2) is 11.8 Å². The molecular weight excluding hydrogens is 645 g/mol. The molecule has 0 aromatic carbocycles. The maximum Gasteiger partial charge on any atom is 0.168 e. The van der Waals surface area contributed by atoms with Gasteiger partial charge in [0, 0.05) is 19.3 Å². The Morgan fingerprint density at radius 2 is 0.959 bits per heavy atom. The fourth-order valence-corrected chi connectivity index (χ4v) is 6.58. The average molecular weight is 727 g/mol. The number of allylic oxidation sites excluding steroid dienone is 8. The van der Waals surface area contributed by atoms with Gasteiger partial charge in [-0.2, -0.15) is 0 Å². The Morgan fingerprint density at radius 3 is 1.37 bits per heavy atom. The quantitative estimate of drug-likeness (QED) is 0.0216. The molecule has 1 aliphatic rings. The second kappa shape index (κ2) is 34.5. The largest absolute Gasteiger partial charge is 1.00 e. The molecule has 1 heterocycles. The summed E-state index contributed by atoms with van der Waals surface area (Å²) in [5.74, 6) is -0.354.